The van der Waals surface area contributed by atoms with Gasteiger partial charge in [0.05, 0.1) is 18.4 Å². The van der Waals surface area contributed by atoms with E-state index in [1.807, 2.05) is 0 Å². The summed E-state index contributed by atoms with van der Waals surface area (Å²) in [5.74, 6) is -2.43. The van der Waals surface area contributed by atoms with Gasteiger partial charge in [-0.1, -0.05) is 0 Å². The van der Waals surface area contributed by atoms with Gasteiger partial charge >= 0.3 is 11.9 Å². The fourth-order valence-electron chi connectivity index (χ4n) is 2.55. The van der Waals surface area contributed by atoms with Crippen molar-refractivity contribution < 1.29 is 27.9 Å². The highest BCUT2D eigenvalue weighted by Crippen LogP contribution is 2.26. The Hall–Kier alpha value is -1.19. The van der Waals surface area contributed by atoms with Crippen LogP contribution < -0.4 is 0 Å². The van der Waals surface area contributed by atoms with Crippen molar-refractivity contribution in [1.82, 2.24) is 8.61 Å². The first-order valence-corrected chi connectivity index (χ1v) is 8.40. The first-order chi connectivity index (χ1) is 9.86. The summed E-state index contributed by atoms with van der Waals surface area (Å²) < 4.78 is 32.1. The number of carbonyl (C=O) groups excluding carboxylic acids is 1. The molecule has 2 fully saturated rings. The van der Waals surface area contributed by atoms with Crippen LogP contribution in [0, 0.1) is 11.8 Å². The fourth-order valence-corrected chi connectivity index (χ4v) is 4.34. The van der Waals surface area contributed by atoms with E-state index in [2.05, 4.69) is 0 Å². The number of piperidine rings is 1. The van der Waals surface area contributed by atoms with Crippen molar-refractivity contribution in [2.45, 2.75) is 19.8 Å². The molecule has 1 atom stereocenters. The van der Waals surface area contributed by atoms with Crippen molar-refractivity contribution in [2.24, 2.45) is 11.8 Å². The second-order valence-corrected chi connectivity index (χ2v) is 7.24. The van der Waals surface area contributed by atoms with Crippen LogP contribution in [0.5, 0.6) is 0 Å². The van der Waals surface area contributed by atoms with Crippen LogP contribution >= 0.6 is 0 Å². The molecule has 0 spiro atoms. The van der Waals surface area contributed by atoms with Gasteiger partial charge in [-0.15, -0.1) is 0 Å². The third-order valence-corrected chi connectivity index (χ3v) is 5.79. The molecule has 0 aliphatic carbocycles. The fraction of sp³-hybridized carbons (Fsp3) is 0.833. The lowest BCUT2D eigenvalue weighted by molar-refractivity contribution is -0.149. The number of aliphatic carboxylic acids is 1. The van der Waals surface area contributed by atoms with Crippen molar-refractivity contribution >= 4 is 22.1 Å². The van der Waals surface area contributed by atoms with Gasteiger partial charge in [0.2, 0.25) is 0 Å². The molecule has 0 radical (unpaired) electrons. The second kappa shape index (κ2) is 6.29. The van der Waals surface area contributed by atoms with Crippen LogP contribution in [0.1, 0.15) is 19.8 Å². The number of hydrogen-bond donors (Lipinski definition) is 1. The predicted octanol–water partition coefficient (Wildman–Crippen LogP) is -0.477. The van der Waals surface area contributed by atoms with Gasteiger partial charge in [-0.3, -0.25) is 9.59 Å². The molecule has 9 heteroatoms. The average molecular weight is 320 g/mol. The summed E-state index contributed by atoms with van der Waals surface area (Å²) in [7, 11) is -3.68. The first kappa shape index (κ1) is 16.2. The van der Waals surface area contributed by atoms with Gasteiger partial charge in [0, 0.05) is 26.2 Å². The van der Waals surface area contributed by atoms with Crippen LogP contribution in [0.25, 0.3) is 0 Å². The Morgan fingerprint density at radius 2 is 1.81 bits per heavy atom. The molecule has 8 nitrogen and oxygen atoms in total. The molecule has 120 valence electrons. The van der Waals surface area contributed by atoms with E-state index in [4.69, 9.17) is 9.84 Å². The lowest BCUT2D eigenvalue weighted by Gasteiger charge is -2.40. The van der Waals surface area contributed by atoms with Gasteiger partial charge in [0.25, 0.3) is 10.2 Å². The molecule has 2 rings (SSSR count). The van der Waals surface area contributed by atoms with E-state index in [0.29, 0.717) is 19.4 Å². The Kier molecular flexibility index (Phi) is 4.84. The molecule has 2 heterocycles. The van der Waals surface area contributed by atoms with Gasteiger partial charge in [0.1, 0.15) is 0 Å². The number of carboxylic acids is 1. The molecule has 0 aromatic heterocycles. The molecule has 0 aromatic carbocycles. The monoisotopic (exact) mass is 320 g/mol. The van der Waals surface area contributed by atoms with Crippen LogP contribution in [-0.2, 0) is 24.5 Å². The van der Waals surface area contributed by atoms with Crippen molar-refractivity contribution in [3.05, 3.63) is 0 Å². The van der Waals surface area contributed by atoms with E-state index in [0.717, 1.165) is 4.31 Å². The van der Waals surface area contributed by atoms with Crippen LogP contribution in [0.4, 0.5) is 0 Å². The zero-order valence-corrected chi connectivity index (χ0v) is 12.7. The molecule has 0 aromatic rings. The molecule has 0 bridgehead atoms. The average Bonchev–Trinajstić information content (AvgIpc) is 2.36. The SMILES string of the molecule is CCOC(=O)C1CCCN(S(=O)(=O)N2CC(C(=O)O)C2)C1. The summed E-state index contributed by atoms with van der Waals surface area (Å²) in [6.07, 6.45) is 1.21. The Morgan fingerprint density at radius 3 is 2.38 bits per heavy atom. The lowest BCUT2D eigenvalue weighted by Crippen LogP contribution is -2.58. The Bertz CT molecular complexity index is 514. The highest BCUT2D eigenvalue weighted by Gasteiger charge is 2.44. The summed E-state index contributed by atoms with van der Waals surface area (Å²) >= 11 is 0. The smallest absolute Gasteiger partial charge is 0.310 e. The van der Waals surface area contributed by atoms with Gasteiger partial charge in [0.15, 0.2) is 0 Å². The highest BCUT2D eigenvalue weighted by atomic mass is 32.2. The zero-order chi connectivity index (χ0) is 15.6. The summed E-state index contributed by atoms with van der Waals surface area (Å²) in [5, 5.41) is 8.80. The van der Waals surface area contributed by atoms with E-state index >= 15 is 0 Å². The normalized spacial score (nSPS) is 25.3. The quantitative estimate of drug-likeness (QED) is 0.686. The number of hydrogen-bond acceptors (Lipinski definition) is 5. The van der Waals surface area contributed by atoms with Gasteiger partial charge < -0.3 is 9.84 Å². The maximum atomic E-state index is 12.4. The maximum absolute atomic E-state index is 12.4. The van der Waals surface area contributed by atoms with E-state index in [-0.39, 0.29) is 32.2 Å². The van der Waals surface area contributed by atoms with Crippen molar-refractivity contribution in [2.75, 3.05) is 32.8 Å². The third-order valence-electron chi connectivity index (χ3n) is 3.85. The van der Waals surface area contributed by atoms with Gasteiger partial charge in [-0.05, 0) is 19.8 Å². The van der Waals surface area contributed by atoms with Gasteiger partial charge in [-0.2, -0.15) is 17.0 Å². The largest absolute Gasteiger partial charge is 0.481 e. The number of carboxylic acid groups (broad SMARTS) is 1. The van der Waals surface area contributed by atoms with Crippen LogP contribution in [0.15, 0.2) is 0 Å². The molecule has 2 saturated heterocycles. The third kappa shape index (κ3) is 3.35. The van der Waals surface area contributed by atoms with Crippen molar-refractivity contribution in [3.8, 4) is 0 Å². The highest BCUT2D eigenvalue weighted by molar-refractivity contribution is 7.86. The summed E-state index contributed by atoms with van der Waals surface area (Å²) in [6.45, 7) is 2.44. The number of rotatable bonds is 5. The van der Waals surface area contributed by atoms with Crippen LogP contribution in [0.2, 0.25) is 0 Å². The second-order valence-electron chi connectivity index (χ2n) is 5.31. The van der Waals surface area contributed by atoms with Crippen LogP contribution in [-0.4, -0.2) is 66.9 Å². The Balaban J connectivity index is 1.97. The number of esters is 1. The van der Waals surface area contributed by atoms with E-state index in [1.165, 1.54) is 4.31 Å². The molecular formula is C12H20N2O6S. The molecule has 2 aliphatic rings. The maximum Gasteiger partial charge on any atom is 0.310 e. The Labute approximate surface area is 123 Å². The molecular weight excluding hydrogens is 300 g/mol. The molecule has 2 aliphatic heterocycles. The number of carbonyl (C=O) groups is 2. The van der Waals surface area contributed by atoms with Gasteiger partial charge in [-0.25, -0.2) is 0 Å². The minimum absolute atomic E-state index is 0.00175. The van der Waals surface area contributed by atoms with E-state index in [1.54, 1.807) is 6.92 Å². The molecule has 1 unspecified atom stereocenters. The minimum Gasteiger partial charge on any atom is -0.481 e. The summed E-state index contributed by atoms with van der Waals surface area (Å²) in [4.78, 5) is 22.5. The molecule has 1 N–H and O–H groups in total. The number of ether oxygens (including phenoxy) is 1. The number of nitrogens with zero attached hydrogens (tertiary/aromatic N) is 2. The first-order valence-electron chi connectivity index (χ1n) is 7.01. The van der Waals surface area contributed by atoms with Crippen molar-refractivity contribution in [1.29, 1.82) is 0 Å². The van der Waals surface area contributed by atoms with E-state index in [9.17, 15) is 18.0 Å². The standard InChI is InChI=1S/C12H20N2O6S/c1-2-20-12(17)9-4-3-5-13(6-9)21(18,19)14-7-10(8-14)11(15)16/h9-10H,2-8H2,1H3,(H,15,16). The summed E-state index contributed by atoms with van der Waals surface area (Å²) in [6, 6.07) is 0. The van der Waals surface area contributed by atoms with Crippen LogP contribution in [0.3, 0.4) is 0 Å². The predicted molar refractivity (Wildman–Crippen MR) is 72.5 cm³/mol. The lowest BCUT2D eigenvalue weighted by atomic mass is 10.0. The van der Waals surface area contributed by atoms with Crippen molar-refractivity contribution in [3.63, 3.8) is 0 Å². The van der Waals surface area contributed by atoms with E-state index < -0.39 is 28.0 Å². The molecule has 21 heavy (non-hydrogen) atoms. The zero-order valence-electron chi connectivity index (χ0n) is 11.9. The molecule has 0 saturated carbocycles. The Morgan fingerprint density at radius 1 is 1.19 bits per heavy atom. The topological polar surface area (TPSA) is 104 Å². The summed E-state index contributed by atoms with van der Waals surface area (Å²) in [5.41, 5.74) is 0. The minimum atomic E-state index is -3.68. The molecule has 0 amide bonds.